The Morgan fingerprint density at radius 1 is 1.52 bits per heavy atom. The Labute approximate surface area is 158 Å². The minimum atomic E-state index is -1.28. The highest BCUT2D eigenvalue weighted by atomic mass is 16.6. The Kier molecular flexibility index (Phi) is 5.29. The summed E-state index contributed by atoms with van der Waals surface area (Å²) in [6, 6.07) is 0. The fourth-order valence-corrected chi connectivity index (χ4v) is 3.98. The van der Waals surface area contributed by atoms with E-state index in [4.69, 9.17) is 14.2 Å². The summed E-state index contributed by atoms with van der Waals surface area (Å²) in [4.78, 5) is 24.6. The summed E-state index contributed by atoms with van der Waals surface area (Å²) >= 11 is 0. The largest absolute Gasteiger partial charge is 0.458 e. The zero-order valence-electron chi connectivity index (χ0n) is 15.8. The lowest BCUT2D eigenvalue weighted by atomic mass is 9.80. The quantitative estimate of drug-likeness (QED) is 0.432. The standard InChI is InChI=1S/C20H26O7/c1-5-10(2)18(23)26-15-8-20(9-21)16(22)7-13(27-20)11(3)6-14-17(15)12(4)19(24)25-14/h5-6,13-17,21-22H,4,7-9H2,1-3H3/b10-5-,11-6-/t13-,14+,15-,16-,17-,20-/m0/s1. The molecule has 2 fully saturated rings. The number of rotatable bonds is 3. The van der Waals surface area contributed by atoms with Crippen LogP contribution < -0.4 is 0 Å². The average molecular weight is 378 g/mol. The van der Waals surface area contributed by atoms with Crippen molar-refractivity contribution in [2.75, 3.05) is 6.61 Å². The lowest BCUT2D eigenvalue weighted by molar-refractivity contribution is -0.161. The maximum absolute atomic E-state index is 12.4. The molecular weight excluding hydrogens is 352 g/mol. The van der Waals surface area contributed by atoms with Gasteiger partial charge in [0.25, 0.3) is 0 Å². The van der Waals surface area contributed by atoms with Gasteiger partial charge in [-0.15, -0.1) is 0 Å². The molecule has 2 N–H and O–H groups in total. The molecule has 0 aromatic carbocycles. The van der Waals surface area contributed by atoms with Gasteiger partial charge in [0, 0.05) is 24.0 Å². The molecule has 148 valence electrons. The molecule has 0 spiro atoms. The van der Waals surface area contributed by atoms with Crippen molar-refractivity contribution in [3.8, 4) is 0 Å². The summed E-state index contributed by atoms with van der Waals surface area (Å²) in [5.41, 5.74) is 0.131. The van der Waals surface area contributed by atoms with Crippen LogP contribution in [0.15, 0.2) is 35.5 Å². The molecule has 0 aliphatic carbocycles. The summed E-state index contributed by atoms with van der Waals surface area (Å²) in [7, 11) is 0. The fraction of sp³-hybridized carbons (Fsp3) is 0.600. The molecule has 7 heteroatoms. The Morgan fingerprint density at radius 2 is 2.22 bits per heavy atom. The second kappa shape index (κ2) is 7.22. The Bertz CT molecular complexity index is 722. The van der Waals surface area contributed by atoms with Crippen LogP contribution in [0.1, 0.15) is 33.6 Å². The lowest BCUT2D eigenvalue weighted by Crippen LogP contribution is -2.49. The first kappa shape index (κ1) is 19.8. The molecule has 27 heavy (non-hydrogen) atoms. The molecule has 3 aliphatic heterocycles. The second-order valence-corrected chi connectivity index (χ2v) is 7.53. The van der Waals surface area contributed by atoms with Gasteiger partial charge in [-0.05, 0) is 32.4 Å². The predicted octanol–water partition coefficient (Wildman–Crippen LogP) is 1.19. The molecule has 3 heterocycles. The molecule has 0 radical (unpaired) electrons. The van der Waals surface area contributed by atoms with Gasteiger partial charge < -0.3 is 24.4 Å². The summed E-state index contributed by atoms with van der Waals surface area (Å²) in [5, 5.41) is 20.6. The summed E-state index contributed by atoms with van der Waals surface area (Å²) in [6.07, 6.45) is 0.910. The molecule has 0 aromatic rings. The van der Waals surface area contributed by atoms with Gasteiger partial charge in [0.1, 0.15) is 17.8 Å². The van der Waals surface area contributed by atoms with Crippen LogP contribution in [0, 0.1) is 5.92 Å². The van der Waals surface area contributed by atoms with Crippen molar-refractivity contribution in [2.24, 2.45) is 5.92 Å². The van der Waals surface area contributed by atoms with Crippen LogP contribution in [-0.4, -0.2) is 58.8 Å². The second-order valence-electron chi connectivity index (χ2n) is 7.53. The van der Waals surface area contributed by atoms with E-state index in [2.05, 4.69) is 6.58 Å². The van der Waals surface area contributed by atoms with Crippen molar-refractivity contribution in [1.82, 2.24) is 0 Å². The van der Waals surface area contributed by atoms with E-state index >= 15 is 0 Å². The van der Waals surface area contributed by atoms with E-state index in [1.165, 1.54) is 0 Å². The predicted molar refractivity (Wildman–Crippen MR) is 95.5 cm³/mol. The molecule has 3 aliphatic rings. The lowest BCUT2D eigenvalue weighted by Gasteiger charge is -2.35. The topological polar surface area (TPSA) is 102 Å². The van der Waals surface area contributed by atoms with Gasteiger partial charge in [-0.2, -0.15) is 0 Å². The van der Waals surface area contributed by atoms with Gasteiger partial charge in [0.05, 0.1) is 24.7 Å². The van der Waals surface area contributed by atoms with Crippen molar-refractivity contribution >= 4 is 11.9 Å². The molecule has 0 saturated carbocycles. The number of ether oxygens (including phenoxy) is 3. The highest BCUT2D eigenvalue weighted by molar-refractivity contribution is 5.92. The molecule has 7 nitrogen and oxygen atoms in total. The van der Waals surface area contributed by atoms with Crippen molar-refractivity contribution in [3.05, 3.63) is 35.5 Å². The van der Waals surface area contributed by atoms with Crippen LogP contribution in [0.25, 0.3) is 0 Å². The Hall–Kier alpha value is -1.96. The van der Waals surface area contributed by atoms with Crippen LogP contribution in [-0.2, 0) is 23.8 Å². The number of esters is 2. The number of carbonyl (C=O) groups excluding carboxylic acids is 2. The van der Waals surface area contributed by atoms with Crippen molar-refractivity contribution in [2.45, 2.75) is 63.6 Å². The average Bonchev–Trinajstić information content (AvgIpc) is 3.11. The van der Waals surface area contributed by atoms with Crippen LogP contribution in [0.2, 0.25) is 0 Å². The van der Waals surface area contributed by atoms with Crippen molar-refractivity contribution in [1.29, 1.82) is 0 Å². The third kappa shape index (κ3) is 3.35. The van der Waals surface area contributed by atoms with Gasteiger partial charge in [0.2, 0.25) is 0 Å². The first-order valence-electron chi connectivity index (χ1n) is 9.11. The summed E-state index contributed by atoms with van der Waals surface area (Å²) < 4.78 is 17.2. The van der Waals surface area contributed by atoms with Crippen LogP contribution in [0.4, 0.5) is 0 Å². The minimum absolute atomic E-state index is 0.0296. The number of fused-ring (bicyclic) bond motifs is 3. The maximum Gasteiger partial charge on any atom is 0.334 e. The van der Waals surface area contributed by atoms with Crippen molar-refractivity contribution < 1.29 is 34.0 Å². The Balaban J connectivity index is 2.05. The van der Waals surface area contributed by atoms with E-state index in [1.54, 1.807) is 26.0 Å². The van der Waals surface area contributed by atoms with Gasteiger partial charge in [-0.1, -0.05) is 12.7 Å². The van der Waals surface area contributed by atoms with Gasteiger partial charge in [0.15, 0.2) is 0 Å². The molecular formula is C20H26O7. The van der Waals surface area contributed by atoms with E-state index in [0.29, 0.717) is 12.0 Å². The molecule has 2 bridgehead atoms. The van der Waals surface area contributed by atoms with Crippen LogP contribution in [0.3, 0.4) is 0 Å². The smallest absolute Gasteiger partial charge is 0.334 e. The zero-order valence-corrected chi connectivity index (χ0v) is 15.8. The number of aliphatic hydroxyl groups is 2. The molecule has 0 amide bonds. The zero-order chi connectivity index (χ0) is 19.9. The fourth-order valence-electron chi connectivity index (χ4n) is 3.98. The third-order valence-electron chi connectivity index (χ3n) is 5.85. The minimum Gasteiger partial charge on any atom is -0.458 e. The third-order valence-corrected chi connectivity index (χ3v) is 5.85. The van der Waals surface area contributed by atoms with E-state index in [-0.39, 0.29) is 12.0 Å². The van der Waals surface area contributed by atoms with Gasteiger partial charge in [-0.25, -0.2) is 9.59 Å². The van der Waals surface area contributed by atoms with E-state index in [0.717, 1.165) is 5.57 Å². The number of allylic oxidation sites excluding steroid dienone is 1. The number of aliphatic hydroxyl groups excluding tert-OH is 2. The van der Waals surface area contributed by atoms with Crippen LogP contribution in [0.5, 0.6) is 0 Å². The highest BCUT2D eigenvalue weighted by Gasteiger charge is 2.55. The molecule has 0 aromatic heterocycles. The molecule has 3 rings (SSSR count). The summed E-state index contributed by atoms with van der Waals surface area (Å²) in [5.74, 6) is -1.68. The molecule has 6 atom stereocenters. The van der Waals surface area contributed by atoms with Gasteiger partial charge in [-0.3, -0.25) is 0 Å². The SMILES string of the molecule is C=C1C(=O)O[C@@H]2/C=C(/C)[C@@H]3C[C@H](O)[C@@](CO)(C[C@H](OC(=O)/C(C)=C\C)[C@@H]12)O3. The van der Waals surface area contributed by atoms with Gasteiger partial charge >= 0.3 is 11.9 Å². The first-order valence-corrected chi connectivity index (χ1v) is 9.11. The molecule has 2 saturated heterocycles. The van der Waals surface area contributed by atoms with E-state index < -0.39 is 54.5 Å². The summed E-state index contributed by atoms with van der Waals surface area (Å²) in [6.45, 7) is 8.56. The van der Waals surface area contributed by atoms with Crippen molar-refractivity contribution in [3.63, 3.8) is 0 Å². The molecule has 0 unspecified atom stereocenters. The number of carbonyl (C=O) groups is 2. The monoisotopic (exact) mass is 378 g/mol. The van der Waals surface area contributed by atoms with E-state index in [1.807, 2.05) is 6.92 Å². The van der Waals surface area contributed by atoms with Crippen LogP contribution >= 0.6 is 0 Å². The highest BCUT2D eigenvalue weighted by Crippen LogP contribution is 2.44. The first-order chi connectivity index (χ1) is 12.7. The Morgan fingerprint density at radius 3 is 2.85 bits per heavy atom. The normalized spacial score (nSPS) is 41.0. The number of hydrogen-bond donors (Lipinski definition) is 2. The number of hydrogen-bond acceptors (Lipinski definition) is 7. The maximum atomic E-state index is 12.4. The van der Waals surface area contributed by atoms with E-state index in [9.17, 15) is 19.8 Å².